The molecule has 0 spiro atoms. The zero-order valence-electron chi connectivity index (χ0n) is 15.4. The fourth-order valence-corrected chi connectivity index (χ4v) is 4.62. The molecule has 3 rings (SSSR count). The lowest BCUT2D eigenvalue weighted by atomic mass is 9.79. The molecule has 0 saturated carbocycles. The second kappa shape index (κ2) is 7.91. The first-order chi connectivity index (χ1) is 12.5. The molecule has 2 nitrogen and oxygen atoms in total. The number of benzene rings is 1. The summed E-state index contributed by atoms with van der Waals surface area (Å²) in [5.74, 6) is 0. The van der Waals surface area contributed by atoms with E-state index in [4.69, 9.17) is 11.6 Å². The van der Waals surface area contributed by atoms with E-state index in [0.29, 0.717) is 0 Å². The standard InChI is InChI=1S/C22H24ClNOS/c1-4-22(5-2,14-25)21-12-16(8-9-24-21)17-11-20(26-13-17)18-7-6-15(3)10-19(18)23/h6-13,25H,4-5,14H2,1-3H3. The van der Waals surface area contributed by atoms with Gasteiger partial charge in [0.1, 0.15) is 0 Å². The highest BCUT2D eigenvalue weighted by molar-refractivity contribution is 7.14. The quantitative estimate of drug-likeness (QED) is 0.526. The predicted molar refractivity (Wildman–Crippen MR) is 112 cm³/mol. The number of aryl methyl sites for hydroxylation is 1. The zero-order chi connectivity index (χ0) is 18.7. The Morgan fingerprint density at radius 2 is 1.85 bits per heavy atom. The third kappa shape index (κ3) is 3.57. The number of aliphatic hydroxyl groups excluding tert-OH is 1. The third-order valence-corrected chi connectivity index (χ3v) is 6.56. The molecule has 0 amide bonds. The second-order valence-electron chi connectivity index (χ2n) is 6.76. The molecule has 0 bridgehead atoms. The van der Waals surface area contributed by atoms with E-state index >= 15 is 0 Å². The van der Waals surface area contributed by atoms with Crippen molar-refractivity contribution in [1.29, 1.82) is 0 Å². The second-order valence-corrected chi connectivity index (χ2v) is 8.08. The molecule has 2 aromatic heterocycles. The van der Waals surface area contributed by atoms with Crippen molar-refractivity contribution in [2.45, 2.75) is 39.0 Å². The molecule has 1 aromatic carbocycles. The Morgan fingerprint density at radius 3 is 2.50 bits per heavy atom. The molecule has 2 heterocycles. The maximum Gasteiger partial charge on any atom is 0.0542 e. The minimum Gasteiger partial charge on any atom is -0.395 e. The van der Waals surface area contributed by atoms with Crippen LogP contribution in [0, 0.1) is 6.92 Å². The molecule has 0 unspecified atom stereocenters. The average Bonchev–Trinajstić information content (AvgIpc) is 3.14. The van der Waals surface area contributed by atoms with Gasteiger partial charge in [-0.15, -0.1) is 11.3 Å². The molecule has 0 atom stereocenters. The van der Waals surface area contributed by atoms with Gasteiger partial charge in [0, 0.05) is 32.8 Å². The Hall–Kier alpha value is -1.68. The number of aromatic nitrogens is 1. The first-order valence-electron chi connectivity index (χ1n) is 8.96. The Balaban J connectivity index is 1.99. The summed E-state index contributed by atoms with van der Waals surface area (Å²) in [4.78, 5) is 5.72. The van der Waals surface area contributed by atoms with Crippen molar-refractivity contribution in [3.8, 4) is 21.6 Å². The average molecular weight is 386 g/mol. The van der Waals surface area contributed by atoms with E-state index in [1.807, 2.05) is 25.3 Å². The van der Waals surface area contributed by atoms with E-state index in [1.54, 1.807) is 11.3 Å². The predicted octanol–water partition coefficient (Wildman–Crippen LogP) is 6.49. The van der Waals surface area contributed by atoms with Gasteiger partial charge in [-0.3, -0.25) is 4.98 Å². The van der Waals surface area contributed by atoms with Crippen LogP contribution in [0.1, 0.15) is 37.9 Å². The van der Waals surface area contributed by atoms with Gasteiger partial charge in [-0.05, 0) is 66.1 Å². The molecule has 0 saturated heterocycles. The maximum absolute atomic E-state index is 9.94. The fourth-order valence-electron chi connectivity index (χ4n) is 3.27. The summed E-state index contributed by atoms with van der Waals surface area (Å²) in [5.41, 5.74) is 5.20. The summed E-state index contributed by atoms with van der Waals surface area (Å²) in [7, 11) is 0. The first-order valence-corrected chi connectivity index (χ1v) is 10.2. The van der Waals surface area contributed by atoms with Crippen molar-refractivity contribution in [1.82, 2.24) is 4.98 Å². The van der Waals surface area contributed by atoms with Crippen molar-refractivity contribution in [2.75, 3.05) is 6.61 Å². The summed E-state index contributed by atoms with van der Waals surface area (Å²) in [6.07, 6.45) is 3.57. The number of thiophene rings is 1. The summed E-state index contributed by atoms with van der Waals surface area (Å²) < 4.78 is 0. The van der Waals surface area contributed by atoms with E-state index in [2.05, 4.69) is 48.5 Å². The topological polar surface area (TPSA) is 33.1 Å². The number of nitrogens with zero attached hydrogens (tertiary/aromatic N) is 1. The molecule has 3 aromatic rings. The van der Waals surface area contributed by atoms with Crippen molar-refractivity contribution in [2.24, 2.45) is 0 Å². The lowest BCUT2D eigenvalue weighted by Gasteiger charge is -2.29. The van der Waals surface area contributed by atoms with Crippen molar-refractivity contribution in [3.05, 3.63) is 64.3 Å². The van der Waals surface area contributed by atoms with Crippen molar-refractivity contribution < 1.29 is 5.11 Å². The number of rotatable bonds is 6. The van der Waals surface area contributed by atoms with Gasteiger partial charge in [0.15, 0.2) is 0 Å². The smallest absolute Gasteiger partial charge is 0.0542 e. The van der Waals surface area contributed by atoms with Gasteiger partial charge >= 0.3 is 0 Å². The minimum absolute atomic E-state index is 0.115. The van der Waals surface area contributed by atoms with E-state index in [9.17, 15) is 5.11 Å². The SMILES string of the molecule is CCC(CC)(CO)c1cc(-c2csc(-c3ccc(C)cc3Cl)c2)ccn1. The normalized spacial score (nSPS) is 11.7. The Morgan fingerprint density at radius 1 is 1.08 bits per heavy atom. The molecule has 0 aliphatic heterocycles. The monoisotopic (exact) mass is 385 g/mol. The number of aliphatic hydroxyl groups is 1. The van der Waals surface area contributed by atoms with Crippen LogP contribution in [0.5, 0.6) is 0 Å². The minimum atomic E-state index is -0.269. The Bertz CT molecular complexity index is 890. The van der Waals surface area contributed by atoms with E-state index in [1.165, 1.54) is 0 Å². The number of pyridine rings is 1. The van der Waals surface area contributed by atoms with E-state index in [-0.39, 0.29) is 12.0 Å². The summed E-state index contributed by atoms with van der Waals surface area (Å²) in [6.45, 7) is 6.37. The Kier molecular flexibility index (Phi) is 5.81. The highest BCUT2D eigenvalue weighted by Gasteiger charge is 2.29. The molecular weight excluding hydrogens is 362 g/mol. The lowest BCUT2D eigenvalue weighted by Crippen LogP contribution is -2.30. The summed E-state index contributed by atoms with van der Waals surface area (Å²) >= 11 is 8.12. The first kappa shape index (κ1) is 19.1. The van der Waals surface area contributed by atoms with Crippen LogP contribution < -0.4 is 0 Å². The van der Waals surface area contributed by atoms with E-state index in [0.717, 1.165) is 50.7 Å². The largest absolute Gasteiger partial charge is 0.395 e. The molecule has 26 heavy (non-hydrogen) atoms. The fraction of sp³-hybridized carbons (Fsp3) is 0.318. The number of halogens is 1. The van der Waals surface area contributed by atoms with Gasteiger partial charge < -0.3 is 5.11 Å². The van der Waals surface area contributed by atoms with Crippen LogP contribution in [0.3, 0.4) is 0 Å². The molecule has 1 N–H and O–H groups in total. The van der Waals surface area contributed by atoms with Crippen molar-refractivity contribution in [3.63, 3.8) is 0 Å². The molecule has 0 aliphatic carbocycles. The summed E-state index contributed by atoms with van der Waals surface area (Å²) in [5, 5.41) is 12.9. The highest BCUT2D eigenvalue weighted by Crippen LogP contribution is 2.38. The molecule has 0 radical (unpaired) electrons. The summed E-state index contributed by atoms with van der Waals surface area (Å²) in [6, 6.07) is 12.5. The molecule has 4 heteroatoms. The van der Waals surface area contributed by atoms with Crippen molar-refractivity contribution >= 4 is 22.9 Å². The van der Waals surface area contributed by atoms with Crippen LogP contribution in [0.15, 0.2) is 48.0 Å². The van der Waals surface area contributed by atoms with Gasteiger partial charge in [-0.1, -0.05) is 37.6 Å². The zero-order valence-corrected chi connectivity index (χ0v) is 17.0. The molecular formula is C22H24ClNOS. The Labute approximate surface area is 164 Å². The highest BCUT2D eigenvalue weighted by atomic mass is 35.5. The van der Waals surface area contributed by atoms with Gasteiger partial charge in [0.05, 0.1) is 6.61 Å². The third-order valence-electron chi connectivity index (χ3n) is 5.28. The number of hydrogen-bond acceptors (Lipinski definition) is 3. The van der Waals surface area contributed by atoms with Gasteiger partial charge in [0.25, 0.3) is 0 Å². The number of hydrogen-bond donors (Lipinski definition) is 1. The van der Waals surface area contributed by atoms with Crippen LogP contribution in [-0.2, 0) is 5.41 Å². The van der Waals surface area contributed by atoms with Gasteiger partial charge in [-0.25, -0.2) is 0 Å². The molecule has 136 valence electrons. The van der Waals surface area contributed by atoms with Crippen LogP contribution in [0.25, 0.3) is 21.6 Å². The lowest BCUT2D eigenvalue weighted by molar-refractivity contribution is 0.179. The van der Waals surface area contributed by atoms with Crippen LogP contribution >= 0.6 is 22.9 Å². The van der Waals surface area contributed by atoms with Gasteiger partial charge in [-0.2, -0.15) is 0 Å². The van der Waals surface area contributed by atoms with Crippen LogP contribution in [-0.4, -0.2) is 16.7 Å². The van der Waals surface area contributed by atoms with Crippen LogP contribution in [0.2, 0.25) is 5.02 Å². The molecule has 0 fully saturated rings. The molecule has 0 aliphatic rings. The van der Waals surface area contributed by atoms with E-state index < -0.39 is 0 Å². The maximum atomic E-state index is 9.94. The van der Waals surface area contributed by atoms with Crippen LogP contribution in [0.4, 0.5) is 0 Å². The van der Waals surface area contributed by atoms with Gasteiger partial charge in [0.2, 0.25) is 0 Å².